The van der Waals surface area contributed by atoms with Crippen molar-refractivity contribution in [1.29, 1.82) is 0 Å². The maximum absolute atomic E-state index is 12.8. The lowest BCUT2D eigenvalue weighted by atomic mass is 9.86. The molecule has 0 saturated carbocycles. The summed E-state index contributed by atoms with van der Waals surface area (Å²) in [6.07, 6.45) is 6.84. The Labute approximate surface area is 148 Å². The first-order chi connectivity index (χ1) is 11.8. The highest BCUT2D eigenvalue weighted by Gasteiger charge is 2.32. The van der Waals surface area contributed by atoms with E-state index in [0.29, 0.717) is 5.56 Å². The molecule has 2 aromatic rings. The van der Waals surface area contributed by atoms with Crippen molar-refractivity contribution in [3.05, 3.63) is 30.1 Å². The summed E-state index contributed by atoms with van der Waals surface area (Å²) < 4.78 is 2.01. The summed E-state index contributed by atoms with van der Waals surface area (Å²) in [5, 5.41) is 3.58. The second-order valence-electron chi connectivity index (χ2n) is 7.49. The summed E-state index contributed by atoms with van der Waals surface area (Å²) in [5.41, 5.74) is 6.33. The Kier molecular flexibility index (Phi) is 5.82. The predicted octanol–water partition coefficient (Wildman–Crippen LogP) is 2.86. The number of carbonyl (C=O) groups excluding carboxylic acids is 2. The molecule has 0 aliphatic heterocycles. The van der Waals surface area contributed by atoms with Crippen LogP contribution in [0.2, 0.25) is 0 Å². The number of aromatic nitrogens is 2. The van der Waals surface area contributed by atoms with E-state index in [-0.39, 0.29) is 5.91 Å². The highest BCUT2D eigenvalue weighted by atomic mass is 16.2. The van der Waals surface area contributed by atoms with Gasteiger partial charge in [0, 0.05) is 24.3 Å². The summed E-state index contributed by atoms with van der Waals surface area (Å²) >= 11 is 0. The fourth-order valence-corrected chi connectivity index (χ4v) is 2.93. The Morgan fingerprint density at radius 3 is 2.64 bits per heavy atom. The third-order valence-electron chi connectivity index (χ3n) is 4.31. The molecule has 0 spiro atoms. The fraction of sp³-hybridized carbons (Fsp3) is 0.526. The number of nitrogens with zero attached hydrogens (tertiary/aromatic N) is 2. The minimum absolute atomic E-state index is 0.300. The van der Waals surface area contributed by atoms with Crippen LogP contribution in [0.1, 0.15) is 57.3 Å². The molecule has 3 N–H and O–H groups in total. The zero-order valence-corrected chi connectivity index (χ0v) is 15.5. The van der Waals surface area contributed by atoms with E-state index in [9.17, 15) is 9.59 Å². The zero-order valence-electron chi connectivity index (χ0n) is 15.5. The van der Waals surface area contributed by atoms with Gasteiger partial charge in [-0.1, -0.05) is 40.5 Å². The van der Waals surface area contributed by atoms with Gasteiger partial charge in [0.15, 0.2) is 0 Å². The molecule has 0 unspecified atom stereocenters. The van der Waals surface area contributed by atoms with Crippen molar-refractivity contribution in [2.24, 2.45) is 11.1 Å². The van der Waals surface area contributed by atoms with Gasteiger partial charge < -0.3 is 15.6 Å². The number of hydrogen-bond acceptors (Lipinski definition) is 3. The van der Waals surface area contributed by atoms with Crippen LogP contribution < -0.4 is 11.1 Å². The van der Waals surface area contributed by atoms with Crippen molar-refractivity contribution in [2.45, 2.75) is 59.5 Å². The van der Waals surface area contributed by atoms with Crippen LogP contribution in [0.5, 0.6) is 0 Å². The lowest BCUT2D eigenvalue weighted by Gasteiger charge is -2.28. The van der Waals surface area contributed by atoms with Gasteiger partial charge >= 0.3 is 0 Å². The molecule has 0 aromatic carbocycles. The summed E-state index contributed by atoms with van der Waals surface area (Å²) in [6, 6.07) is 2.95. The molecule has 2 aromatic heterocycles. The van der Waals surface area contributed by atoms with E-state index in [1.54, 1.807) is 6.20 Å². The van der Waals surface area contributed by atoms with Gasteiger partial charge in [0.05, 0.1) is 5.56 Å². The standard InChI is InChI=1S/C19H28N4O2/c1-5-6-7-11-23-12-14(13-9-8-10-21-17(13)23)18(25)22-15(16(20)24)19(2,3)4/h8-10,12,15H,5-7,11H2,1-4H3,(H2,20,24)(H,22,25)/t15-/m1/s1. The van der Waals surface area contributed by atoms with Gasteiger partial charge in [0.25, 0.3) is 5.91 Å². The number of aryl methyl sites for hydroxylation is 1. The second kappa shape index (κ2) is 7.68. The summed E-state index contributed by atoms with van der Waals surface area (Å²) in [5.74, 6) is -0.836. The molecular weight excluding hydrogens is 316 g/mol. The number of amides is 2. The van der Waals surface area contributed by atoms with Gasteiger partial charge in [-0.05, 0) is 24.0 Å². The van der Waals surface area contributed by atoms with Gasteiger partial charge in [-0.25, -0.2) is 4.98 Å². The average Bonchev–Trinajstić information content (AvgIpc) is 2.90. The fourth-order valence-electron chi connectivity index (χ4n) is 2.93. The lowest BCUT2D eigenvalue weighted by Crippen LogP contribution is -2.52. The molecule has 25 heavy (non-hydrogen) atoms. The molecule has 0 aliphatic rings. The first kappa shape index (κ1) is 19.0. The first-order valence-corrected chi connectivity index (χ1v) is 8.79. The lowest BCUT2D eigenvalue weighted by molar-refractivity contribution is -0.122. The number of unbranched alkanes of at least 4 members (excludes halogenated alkanes) is 2. The van der Waals surface area contributed by atoms with E-state index in [4.69, 9.17) is 5.73 Å². The van der Waals surface area contributed by atoms with Crippen LogP contribution in [-0.2, 0) is 11.3 Å². The molecule has 0 radical (unpaired) electrons. The maximum Gasteiger partial charge on any atom is 0.254 e. The van der Waals surface area contributed by atoms with Crippen LogP contribution in [-0.4, -0.2) is 27.4 Å². The van der Waals surface area contributed by atoms with E-state index in [0.717, 1.165) is 36.8 Å². The van der Waals surface area contributed by atoms with E-state index < -0.39 is 17.4 Å². The summed E-state index contributed by atoms with van der Waals surface area (Å²) in [4.78, 5) is 29.0. The number of hydrogen-bond donors (Lipinski definition) is 2. The normalized spacial score (nSPS) is 13.0. The smallest absolute Gasteiger partial charge is 0.254 e. The highest BCUT2D eigenvalue weighted by Crippen LogP contribution is 2.23. The van der Waals surface area contributed by atoms with E-state index in [2.05, 4.69) is 17.2 Å². The predicted molar refractivity (Wildman–Crippen MR) is 99.2 cm³/mol. The number of carbonyl (C=O) groups is 2. The topological polar surface area (TPSA) is 90.0 Å². The van der Waals surface area contributed by atoms with Gasteiger partial charge in [0.1, 0.15) is 11.7 Å². The first-order valence-electron chi connectivity index (χ1n) is 8.79. The molecule has 0 aliphatic carbocycles. The van der Waals surface area contributed by atoms with Crippen molar-refractivity contribution in [3.8, 4) is 0 Å². The van der Waals surface area contributed by atoms with Crippen LogP contribution in [0, 0.1) is 5.41 Å². The molecule has 2 amide bonds. The largest absolute Gasteiger partial charge is 0.368 e. The van der Waals surface area contributed by atoms with Crippen molar-refractivity contribution in [3.63, 3.8) is 0 Å². The van der Waals surface area contributed by atoms with Gasteiger partial charge in [-0.15, -0.1) is 0 Å². The molecule has 6 nitrogen and oxygen atoms in total. The van der Waals surface area contributed by atoms with Crippen LogP contribution in [0.15, 0.2) is 24.5 Å². The van der Waals surface area contributed by atoms with Gasteiger partial charge in [0.2, 0.25) is 5.91 Å². The number of rotatable bonds is 7. The molecule has 2 rings (SSSR count). The van der Waals surface area contributed by atoms with E-state index >= 15 is 0 Å². The van der Waals surface area contributed by atoms with Crippen LogP contribution in [0.4, 0.5) is 0 Å². The number of primary amides is 1. The van der Waals surface area contributed by atoms with Crippen molar-refractivity contribution in [2.75, 3.05) is 0 Å². The van der Waals surface area contributed by atoms with Crippen molar-refractivity contribution >= 4 is 22.8 Å². The molecule has 0 saturated heterocycles. The van der Waals surface area contributed by atoms with Crippen molar-refractivity contribution in [1.82, 2.24) is 14.9 Å². The molecule has 6 heteroatoms. The molecule has 136 valence electrons. The molecule has 0 fully saturated rings. The van der Waals surface area contributed by atoms with Crippen LogP contribution in [0.25, 0.3) is 11.0 Å². The Bertz CT molecular complexity index is 758. The van der Waals surface area contributed by atoms with E-state index in [1.807, 2.05) is 43.7 Å². The van der Waals surface area contributed by atoms with Gasteiger partial charge in [-0.3, -0.25) is 9.59 Å². The van der Waals surface area contributed by atoms with E-state index in [1.165, 1.54) is 0 Å². The number of nitrogens with two attached hydrogens (primary N) is 1. The average molecular weight is 344 g/mol. The minimum atomic E-state index is -0.741. The Morgan fingerprint density at radius 1 is 1.32 bits per heavy atom. The molecule has 2 heterocycles. The van der Waals surface area contributed by atoms with Gasteiger partial charge in [-0.2, -0.15) is 0 Å². The summed E-state index contributed by atoms with van der Waals surface area (Å²) in [7, 11) is 0. The Morgan fingerprint density at radius 2 is 2.04 bits per heavy atom. The Hall–Kier alpha value is -2.37. The summed E-state index contributed by atoms with van der Waals surface area (Å²) in [6.45, 7) is 8.59. The molecule has 1 atom stereocenters. The number of pyridine rings is 1. The SMILES string of the molecule is CCCCCn1cc(C(=O)N[C@H](C(N)=O)C(C)(C)C)c2cccnc21. The Balaban J connectivity index is 2.33. The van der Waals surface area contributed by atoms with Crippen LogP contribution in [0.3, 0.4) is 0 Å². The molecular formula is C19H28N4O2. The maximum atomic E-state index is 12.8. The highest BCUT2D eigenvalue weighted by molar-refractivity contribution is 6.07. The monoisotopic (exact) mass is 344 g/mol. The number of nitrogens with one attached hydrogen (secondary N) is 1. The van der Waals surface area contributed by atoms with Crippen molar-refractivity contribution < 1.29 is 9.59 Å². The van der Waals surface area contributed by atoms with Crippen LogP contribution >= 0.6 is 0 Å². The third kappa shape index (κ3) is 4.38. The number of fused-ring (bicyclic) bond motifs is 1. The zero-order chi connectivity index (χ0) is 18.6. The quantitative estimate of drug-likeness (QED) is 0.757. The minimum Gasteiger partial charge on any atom is -0.368 e. The third-order valence-corrected chi connectivity index (χ3v) is 4.31. The molecule has 0 bridgehead atoms. The second-order valence-corrected chi connectivity index (χ2v) is 7.49.